The third-order valence-electron chi connectivity index (χ3n) is 9.78. The first-order chi connectivity index (χ1) is 44.2. The molecule has 0 spiro atoms. The van der Waals surface area contributed by atoms with Crippen LogP contribution in [-0.4, -0.2) is 395 Å². The van der Waals surface area contributed by atoms with Gasteiger partial charge in [0.15, 0.2) is 0 Å². The fourth-order valence-corrected chi connectivity index (χ4v) is 13.8. The molecule has 16 N–H and O–H groups in total. The molecule has 38 heteroatoms. The molecule has 0 heterocycles. The first kappa shape index (κ1) is 314. The van der Waals surface area contributed by atoms with E-state index in [0.717, 1.165) is 52.6 Å². The predicted molar refractivity (Wildman–Crippen MR) is 604 cm³/mol. The van der Waals surface area contributed by atoms with Crippen molar-refractivity contribution in [2.24, 2.45) is 11.8 Å². The Hall–Kier alpha value is 0.811. The molecule has 874 valence electrons. The van der Waals surface area contributed by atoms with Crippen LogP contribution in [0.25, 0.3) is 0 Å². The van der Waals surface area contributed by atoms with Gasteiger partial charge in [-0.05, 0) is 12.3 Å². The Balaban J connectivity index is -0.0000000150. The van der Waals surface area contributed by atoms with Gasteiger partial charge in [-0.15, -0.1) is 0 Å². The van der Waals surface area contributed by atoms with Gasteiger partial charge in [0.05, 0.1) is 52.9 Å². The van der Waals surface area contributed by atoms with Gasteiger partial charge < -0.3 is 77.0 Å². The summed E-state index contributed by atoms with van der Waals surface area (Å²) in [6.07, 6.45) is 4.52. The van der Waals surface area contributed by atoms with Crippen LogP contribution in [0.3, 0.4) is 0 Å². The molecule has 0 saturated heterocycles. The van der Waals surface area contributed by atoms with Crippen molar-refractivity contribution in [1.82, 2.24) is 0 Å². The summed E-state index contributed by atoms with van der Waals surface area (Å²) in [5.74, 6) is 2.99. The van der Waals surface area contributed by atoms with E-state index in [9.17, 15) is 0 Å². The molecule has 0 rings (SSSR count). The Labute approximate surface area is 859 Å². The van der Waals surface area contributed by atoms with Crippen LogP contribution in [0, 0.1) is 11.8 Å². The fraction of sp³-hybridized carbons (Fsp3) is 1.00. The standard InChI is InChI=1S/C21H45Ge2O11.C19H41Ge2O8.C9H20O3.2C3H8O2.C3H8O.CH4O.34CH4.6H2O/c1-6-20(2)29-14-9-28-13-18-33-23(32-17-12-26-8-7-24-4)34-22-31-16-11-27-10-15-30-21(3)19-25-5;1-6-8-23-15-18(3)16-25-17-24-11-14-28-21(5)29-20-27-13-10-22-9-12-26-19(4)7-2;1-9(2)8-12-7-6-11-5-4-10-3;2*1-5-3-2-4;1-2-3-4;1-2;;;;;;;;;;;;;;;;;;;;;;;;;;;;;;;;;;;;;;;;/h20-21H,6-19H2,1-5H3;18-19H,6-17H2,1-5H3;9H,4-8H2,1-3H3;2*4H,2-3H2,1H3;4H,2-3H2,1H3;2H,1H3;34*1H4;6*1H2. The van der Waals surface area contributed by atoms with E-state index in [1.54, 1.807) is 35.5 Å². The zero-order valence-electron chi connectivity index (χ0n) is 62.6. The van der Waals surface area contributed by atoms with Crippen LogP contribution in [-0.2, 0) is 105 Å². The minimum atomic E-state index is -2.62. The first-order valence-electron chi connectivity index (χ1n) is 31.7. The van der Waals surface area contributed by atoms with E-state index in [0.29, 0.717) is 196 Å². The van der Waals surface area contributed by atoms with Gasteiger partial charge in [0, 0.05) is 41.7 Å². The van der Waals surface area contributed by atoms with Crippen molar-refractivity contribution in [3.63, 3.8) is 0 Å². The number of rotatable bonds is 64. The fourth-order valence-electron chi connectivity index (χ4n) is 4.88. The van der Waals surface area contributed by atoms with E-state index in [1.807, 2.05) is 26.5 Å². The summed E-state index contributed by atoms with van der Waals surface area (Å²) in [6.45, 7) is 37.8. The van der Waals surface area contributed by atoms with Crippen molar-refractivity contribution < 1.29 is 158 Å². The van der Waals surface area contributed by atoms with Crippen molar-refractivity contribution in [2.45, 2.75) is 371 Å². The topological polar surface area (TPSA) is 491 Å². The molecule has 0 aromatic heterocycles. The van der Waals surface area contributed by atoms with Gasteiger partial charge in [0.25, 0.3) is 0 Å². The van der Waals surface area contributed by atoms with E-state index in [2.05, 4.69) is 57.9 Å². The van der Waals surface area contributed by atoms with Crippen LogP contribution in [0.4, 0.5) is 0 Å². The molecule has 0 aliphatic heterocycles. The molecule has 4 atom stereocenters. The molecule has 0 saturated carbocycles. The smallest absolute Gasteiger partial charge is 0.0701 e. The second kappa shape index (κ2) is 306. The summed E-state index contributed by atoms with van der Waals surface area (Å²) >= 11 is -6.51. The van der Waals surface area contributed by atoms with E-state index in [1.165, 1.54) is 0 Å². The van der Waals surface area contributed by atoms with E-state index >= 15 is 0 Å². The van der Waals surface area contributed by atoms with Crippen LogP contribution in [0.5, 0.6) is 0 Å². The second-order valence-corrected chi connectivity index (χ2v) is 31.1. The molecule has 0 aromatic rings. The molecule has 0 aromatic carbocycles. The van der Waals surface area contributed by atoms with Crippen LogP contribution >= 0.6 is 0 Å². The Morgan fingerprint density at radius 1 is 0.252 bits per heavy atom. The summed E-state index contributed by atoms with van der Waals surface area (Å²) in [6, 6.07) is 0. The van der Waals surface area contributed by atoms with Crippen molar-refractivity contribution in [3.05, 3.63) is 0 Å². The Morgan fingerprint density at radius 3 is 0.794 bits per heavy atom. The van der Waals surface area contributed by atoms with E-state index in [4.69, 9.17) is 116 Å². The molecule has 0 fully saturated rings. The molecule has 0 aliphatic carbocycles. The Kier molecular flexibility index (Phi) is 734. The third-order valence-corrected chi connectivity index (χ3v) is 22.3. The zero-order valence-corrected chi connectivity index (χ0v) is 71.0. The summed E-state index contributed by atoms with van der Waals surface area (Å²) in [4.78, 5) is 0. The van der Waals surface area contributed by atoms with E-state index < -0.39 is 62.6 Å². The summed E-state index contributed by atoms with van der Waals surface area (Å²) in [5.41, 5.74) is 0. The predicted octanol–water partition coefficient (Wildman–Crippen LogP) is 21.0. The summed E-state index contributed by atoms with van der Waals surface area (Å²) < 4.78 is 129. The summed E-state index contributed by atoms with van der Waals surface area (Å²) in [5, 5.41) is 30.8. The number of hydrogen-bond donors (Lipinski definition) is 4. The number of ether oxygens (including phenoxy) is 17. The van der Waals surface area contributed by atoms with Crippen molar-refractivity contribution >= 4 is 62.6 Å². The zero-order chi connectivity index (χ0) is 69.6. The SMILES string of the molecule is C.C.C.C.C.C.C.C.C.C.C.C.C.C.C.C.C.C.C.C.C.C.C.C.C.C.C.C.C.C.C.C.C.C.CCC(C)OCCOCC[O][Ge]([O]CCOCCOC)[O][Ge][O]CCOCCOC(C)COC.CCCO.CCCOCC(C)COCOCC[O][Ge]([CH3])[O][Ge][O]CCOCCOC(C)CC.CO.COCCO.COCCO.COCCOCCOCC(C)C.O.O.O.O.O.O. The van der Waals surface area contributed by atoms with Gasteiger partial charge in [-0.2, -0.15) is 0 Å². The number of hydrogen-bond acceptors (Lipinski definition) is 28. The molecule has 0 bridgehead atoms. The minimum Gasteiger partial charge on any atom is -0.412 e. The van der Waals surface area contributed by atoms with Gasteiger partial charge >= 0.3 is 401 Å². The molecule has 0 amide bonds. The number of methoxy groups -OCH3 is 5. The van der Waals surface area contributed by atoms with Gasteiger partial charge in [0.1, 0.15) is 0 Å². The monoisotopic (exact) mass is 2240 g/mol. The Bertz CT molecular complexity index is 1190. The molecule has 6 radical (unpaired) electrons. The second-order valence-electron chi connectivity index (χ2n) is 18.9. The summed E-state index contributed by atoms with van der Waals surface area (Å²) in [7, 11) is 9.06. The molecule has 0 aliphatic rings. The minimum absolute atomic E-state index is 0. The normalized spacial score (nSPS) is 8.52. The average Bonchev–Trinajstić information content (AvgIpc) is 0.995. The van der Waals surface area contributed by atoms with Crippen LogP contribution in [0.1, 0.15) is 347 Å². The average molecular weight is 2240 g/mol. The van der Waals surface area contributed by atoms with Crippen molar-refractivity contribution in [3.8, 4) is 0 Å². The maximum Gasteiger partial charge on any atom is 0.0701 e. The van der Waals surface area contributed by atoms with E-state index in [-0.39, 0.29) is 318 Å². The number of aliphatic hydroxyl groups excluding tert-OH is 4. The van der Waals surface area contributed by atoms with Gasteiger partial charge in [0.2, 0.25) is 0 Å². The molecule has 131 heavy (non-hydrogen) atoms. The van der Waals surface area contributed by atoms with Crippen molar-refractivity contribution in [1.29, 1.82) is 0 Å². The van der Waals surface area contributed by atoms with Gasteiger partial charge in [-0.1, -0.05) is 280 Å². The maximum atomic E-state index is 7.94. The quantitative estimate of drug-likeness (QED) is 0.0250. The van der Waals surface area contributed by atoms with Crippen LogP contribution in [0.15, 0.2) is 0 Å². The maximum absolute atomic E-state index is 7.94. The molecule has 34 nitrogen and oxygen atoms in total. The molecule has 4 unspecified atom stereocenters. The molecular formula is C93H282Ge4O34. The van der Waals surface area contributed by atoms with Crippen LogP contribution < -0.4 is 0 Å². The first-order valence-corrected chi connectivity index (χ1v) is 41.5. The van der Waals surface area contributed by atoms with Gasteiger partial charge in [-0.25, -0.2) is 0 Å². The Morgan fingerprint density at radius 2 is 0.511 bits per heavy atom. The molecular weight excluding hydrogens is 1950 g/mol. The largest absolute Gasteiger partial charge is 0.412 e. The van der Waals surface area contributed by atoms with Crippen LogP contribution in [0.2, 0.25) is 5.76 Å². The van der Waals surface area contributed by atoms with Gasteiger partial charge in [-0.3, -0.25) is 0 Å². The van der Waals surface area contributed by atoms with Crippen molar-refractivity contribution in [2.75, 3.05) is 261 Å². The third kappa shape index (κ3) is 349. The number of aliphatic hydroxyl groups is 4.